The van der Waals surface area contributed by atoms with Crippen molar-refractivity contribution in [2.75, 3.05) is 0 Å². The summed E-state index contributed by atoms with van der Waals surface area (Å²) in [7, 11) is 0. The molecule has 0 aromatic heterocycles. The molecule has 3 nitrogen and oxygen atoms in total. The quantitative estimate of drug-likeness (QED) is 0.293. The first-order valence-corrected chi connectivity index (χ1v) is 9.21. The molecule has 0 saturated carbocycles. The molecule has 130 valence electrons. The third-order valence-electron chi connectivity index (χ3n) is 3.98. The van der Waals surface area contributed by atoms with Gasteiger partial charge in [-0.05, 0) is 25.7 Å². The first kappa shape index (κ1) is 21.2. The van der Waals surface area contributed by atoms with E-state index in [4.69, 9.17) is 5.11 Å². The van der Waals surface area contributed by atoms with Crippen LogP contribution in [-0.2, 0) is 4.79 Å². The van der Waals surface area contributed by atoms with Crippen molar-refractivity contribution in [1.29, 1.82) is 0 Å². The first-order valence-electron chi connectivity index (χ1n) is 9.21. The van der Waals surface area contributed by atoms with Crippen molar-refractivity contribution in [3.8, 4) is 0 Å². The number of carboxylic acid groups (broad SMARTS) is 1. The van der Waals surface area contributed by atoms with Crippen LogP contribution in [0.25, 0.3) is 0 Å². The highest BCUT2D eigenvalue weighted by atomic mass is 16.4. The summed E-state index contributed by atoms with van der Waals surface area (Å²) in [6, 6.07) is 0. The Morgan fingerprint density at radius 3 is 2.09 bits per heavy atom. The van der Waals surface area contributed by atoms with Crippen LogP contribution in [0.3, 0.4) is 0 Å². The third kappa shape index (κ3) is 17.2. The fraction of sp³-hybridized carbons (Fsp3) is 0.842. The summed E-state index contributed by atoms with van der Waals surface area (Å²) in [6.45, 7) is 2.19. The average molecular weight is 312 g/mol. The number of hydrogen-bond acceptors (Lipinski definition) is 2. The van der Waals surface area contributed by atoms with Crippen LogP contribution in [0, 0.1) is 0 Å². The number of unbranched alkanes of at least 4 members (excludes halogenated alkanes) is 9. The van der Waals surface area contributed by atoms with E-state index < -0.39 is 5.97 Å². The summed E-state index contributed by atoms with van der Waals surface area (Å²) < 4.78 is 0. The van der Waals surface area contributed by atoms with Gasteiger partial charge < -0.3 is 10.2 Å². The van der Waals surface area contributed by atoms with E-state index >= 15 is 0 Å². The van der Waals surface area contributed by atoms with Gasteiger partial charge in [-0.15, -0.1) is 0 Å². The molecule has 2 N–H and O–H groups in total. The fourth-order valence-electron chi connectivity index (χ4n) is 2.53. The summed E-state index contributed by atoms with van der Waals surface area (Å²) in [5.41, 5.74) is 0. The Hall–Kier alpha value is -0.830. The minimum absolute atomic E-state index is 0.172. The van der Waals surface area contributed by atoms with Crippen LogP contribution < -0.4 is 0 Å². The monoisotopic (exact) mass is 312 g/mol. The Morgan fingerprint density at radius 1 is 0.909 bits per heavy atom. The topological polar surface area (TPSA) is 57.5 Å². The molecule has 0 fully saturated rings. The zero-order chi connectivity index (χ0) is 16.5. The van der Waals surface area contributed by atoms with Crippen molar-refractivity contribution in [2.24, 2.45) is 0 Å². The van der Waals surface area contributed by atoms with Gasteiger partial charge in [0.05, 0.1) is 6.10 Å². The number of aliphatic hydroxyl groups is 1. The maximum absolute atomic E-state index is 10.3. The lowest BCUT2D eigenvalue weighted by atomic mass is 10.0. The second-order valence-electron chi connectivity index (χ2n) is 6.26. The number of allylic oxidation sites excluding steroid dienone is 1. The molecule has 0 aliphatic heterocycles. The van der Waals surface area contributed by atoms with E-state index in [0.29, 0.717) is 6.42 Å². The fourth-order valence-corrected chi connectivity index (χ4v) is 2.53. The first-order chi connectivity index (χ1) is 10.7. The second kappa shape index (κ2) is 16.5. The molecule has 0 radical (unpaired) electrons. The van der Waals surface area contributed by atoms with E-state index in [-0.39, 0.29) is 6.10 Å². The van der Waals surface area contributed by atoms with Crippen LogP contribution in [0.15, 0.2) is 12.2 Å². The van der Waals surface area contributed by atoms with Crippen LogP contribution >= 0.6 is 0 Å². The molecule has 0 aliphatic rings. The normalized spacial score (nSPS) is 12.8. The molecule has 0 spiro atoms. The van der Waals surface area contributed by atoms with E-state index in [1.807, 2.05) is 0 Å². The number of hydrogen-bond donors (Lipinski definition) is 2. The molecule has 0 saturated heterocycles. The molecule has 22 heavy (non-hydrogen) atoms. The number of carbonyl (C=O) groups is 1. The van der Waals surface area contributed by atoms with Crippen molar-refractivity contribution in [2.45, 2.75) is 103 Å². The Morgan fingerprint density at radius 2 is 1.50 bits per heavy atom. The van der Waals surface area contributed by atoms with Crippen molar-refractivity contribution < 1.29 is 15.0 Å². The minimum atomic E-state index is -0.682. The van der Waals surface area contributed by atoms with Gasteiger partial charge in [0, 0.05) is 6.42 Å². The highest BCUT2D eigenvalue weighted by molar-refractivity contribution is 5.66. The molecule has 1 unspecified atom stereocenters. The van der Waals surface area contributed by atoms with Gasteiger partial charge in [0.1, 0.15) is 0 Å². The lowest BCUT2D eigenvalue weighted by Crippen LogP contribution is -2.04. The van der Waals surface area contributed by atoms with Crippen LogP contribution in [0.5, 0.6) is 0 Å². The van der Waals surface area contributed by atoms with E-state index in [9.17, 15) is 9.90 Å². The SMILES string of the molecule is CCCCC=CCC(O)CCCCCCCCCCC(=O)O. The van der Waals surface area contributed by atoms with Gasteiger partial charge in [0.2, 0.25) is 0 Å². The lowest BCUT2D eigenvalue weighted by Gasteiger charge is -2.07. The molecular formula is C19H36O3. The molecule has 0 aliphatic carbocycles. The van der Waals surface area contributed by atoms with Crippen molar-refractivity contribution in [3.63, 3.8) is 0 Å². The van der Waals surface area contributed by atoms with Crippen LogP contribution in [-0.4, -0.2) is 22.3 Å². The standard InChI is InChI=1S/C19H36O3/c1-2-3-4-9-12-15-18(20)16-13-10-7-5-6-8-11-14-17-19(21)22/h9,12,18,20H,2-8,10-11,13-17H2,1H3,(H,21,22). The van der Waals surface area contributed by atoms with E-state index in [1.165, 1.54) is 38.5 Å². The summed E-state index contributed by atoms with van der Waals surface area (Å²) in [4.78, 5) is 10.3. The number of aliphatic hydroxyl groups excluding tert-OH is 1. The molecule has 0 aromatic carbocycles. The molecule has 0 heterocycles. The molecule has 0 rings (SSSR count). The van der Waals surface area contributed by atoms with Crippen LogP contribution in [0.4, 0.5) is 0 Å². The van der Waals surface area contributed by atoms with Crippen LogP contribution in [0.1, 0.15) is 96.8 Å². The zero-order valence-corrected chi connectivity index (χ0v) is 14.4. The summed E-state index contributed by atoms with van der Waals surface area (Å²) in [5.74, 6) is -0.682. The van der Waals surface area contributed by atoms with Crippen molar-refractivity contribution in [3.05, 3.63) is 12.2 Å². The Balaban J connectivity index is 3.21. The van der Waals surface area contributed by atoms with Crippen LogP contribution in [0.2, 0.25) is 0 Å². The predicted octanol–water partition coefficient (Wildman–Crippen LogP) is 5.47. The minimum Gasteiger partial charge on any atom is -0.481 e. The van der Waals surface area contributed by atoms with E-state index in [1.54, 1.807) is 0 Å². The second-order valence-corrected chi connectivity index (χ2v) is 6.26. The predicted molar refractivity (Wildman–Crippen MR) is 93.1 cm³/mol. The highest BCUT2D eigenvalue weighted by Gasteiger charge is 2.01. The largest absolute Gasteiger partial charge is 0.481 e. The molecule has 0 bridgehead atoms. The van der Waals surface area contributed by atoms with Crippen molar-refractivity contribution >= 4 is 5.97 Å². The molecule has 0 amide bonds. The summed E-state index contributed by atoms with van der Waals surface area (Å²) in [5, 5.41) is 18.4. The molecule has 0 aromatic rings. The van der Waals surface area contributed by atoms with Gasteiger partial charge in [-0.2, -0.15) is 0 Å². The van der Waals surface area contributed by atoms with Gasteiger partial charge in [-0.3, -0.25) is 4.79 Å². The number of carboxylic acids is 1. The number of aliphatic carboxylic acids is 1. The summed E-state index contributed by atoms with van der Waals surface area (Å²) >= 11 is 0. The van der Waals surface area contributed by atoms with Gasteiger partial charge in [0.25, 0.3) is 0 Å². The van der Waals surface area contributed by atoms with E-state index in [2.05, 4.69) is 19.1 Å². The molecular weight excluding hydrogens is 276 g/mol. The maximum Gasteiger partial charge on any atom is 0.303 e. The van der Waals surface area contributed by atoms with E-state index in [0.717, 1.165) is 44.9 Å². The zero-order valence-electron chi connectivity index (χ0n) is 14.4. The summed E-state index contributed by atoms with van der Waals surface area (Å²) in [6.07, 6.45) is 18.8. The Kier molecular flexibility index (Phi) is 15.9. The Bertz CT molecular complexity index is 274. The van der Waals surface area contributed by atoms with Gasteiger partial charge in [-0.1, -0.05) is 76.9 Å². The van der Waals surface area contributed by atoms with Crippen molar-refractivity contribution in [1.82, 2.24) is 0 Å². The lowest BCUT2D eigenvalue weighted by molar-refractivity contribution is -0.137. The maximum atomic E-state index is 10.3. The van der Waals surface area contributed by atoms with Gasteiger partial charge in [0.15, 0.2) is 0 Å². The third-order valence-corrected chi connectivity index (χ3v) is 3.98. The average Bonchev–Trinajstić information content (AvgIpc) is 2.48. The van der Waals surface area contributed by atoms with Gasteiger partial charge in [-0.25, -0.2) is 0 Å². The molecule has 3 heteroatoms. The highest BCUT2D eigenvalue weighted by Crippen LogP contribution is 2.12. The smallest absolute Gasteiger partial charge is 0.303 e. The molecule has 1 atom stereocenters. The van der Waals surface area contributed by atoms with Gasteiger partial charge >= 0.3 is 5.97 Å². The number of rotatable bonds is 16. The Labute approximate surface area is 136 Å².